The van der Waals surface area contributed by atoms with Crippen LogP contribution in [0.25, 0.3) is 0 Å². The highest BCUT2D eigenvalue weighted by atomic mass is 16.3. The molecule has 3 fully saturated rings. The first-order valence-electron chi connectivity index (χ1n) is 9.13. The minimum Gasteiger partial charge on any atom is -0.392 e. The van der Waals surface area contributed by atoms with Crippen LogP contribution >= 0.6 is 0 Å². The SMILES string of the molecule is O=C(CN1CCN(C[C@@H](O)C2CC2)CC1)N1CCCCCC1. The number of piperazine rings is 1. The Kier molecular flexibility index (Phi) is 5.71. The van der Waals surface area contributed by atoms with E-state index in [0.717, 1.165) is 45.8 Å². The van der Waals surface area contributed by atoms with Gasteiger partial charge in [0.05, 0.1) is 12.6 Å². The normalized spacial score (nSPS) is 26.7. The van der Waals surface area contributed by atoms with Gasteiger partial charge in [-0.1, -0.05) is 12.8 Å². The average Bonchev–Trinajstić information content (AvgIpc) is 3.36. The topological polar surface area (TPSA) is 47.0 Å². The molecule has 2 aliphatic heterocycles. The Hall–Kier alpha value is -0.650. The van der Waals surface area contributed by atoms with Gasteiger partial charge in [0.1, 0.15) is 0 Å². The summed E-state index contributed by atoms with van der Waals surface area (Å²) in [5, 5.41) is 10.0. The van der Waals surface area contributed by atoms with Crippen molar-refractivity contribution in [1.29, 1.82) is 0 Å². The van der Waals surface area contributed by atoms with Crippen molar-refractivity contribution >= 4 is 5.91 Å². The molecule has 0 aromatic carbocycles. The van der Waals surface area contributed by atoms with Crippen LogP contribution in [0.4, 0.5) is 0 Å². The van der Waals surface area contributed by atoms with Crippen molar-refractivity contribution in [2.45, 2.75) is 44.6 Å². The number of β-amino-alcohol motifs (C(OH)–C–C–N with tert-alkyl or cyclic N) is 1. The lowest BCUT2D eigenvalue weighted by atomic mass is 10.2. The van der Waals surface area contributed by atoms with Crippen LogP contribution in [0, 0.1) is 5.92 Å². The fourth-order valence-electron chi connectivity index (χ4n) is 3.64. The van der Waals surface area contributed by atoms with Gasteiger partial charge >= 0.3 is 0 Å². The molecule has 2 heterocycles. The number of aliphatic hydroxyl groups is 1. The molecule has 1 amide bonds. The summed E-state index contributed by atoms with van der Waals surface area (Å²) < 4.78 is 0. The van der Waals surface area contributed by atoms with Crippen LogP contribution in [-0.2, 0) is 4.79 Å². The molecule has 5 heteroatoms. The molecule has 3 rings (SSSR count). The van der Waals surface area contributed by atoms with Crippen molar-refractivity contribution in [3.63, 3.8) is 0 Å². The van der Waals surface area contributed by atoms with E-state index < -0.39 is 0 Å². The Bertz CT molecular complexity index is 357. The number of rotatable bonds is 5. The van der Waals surface area contributed by atoms with E-state index in [4.69, 9.17) is 0 Å². The summed E-state index contributed by atoms with van der Waals surface area (Å²) in [6.07, 6.45) is 7.14. The van der Waals surface area contributed by atoms with Crippen LogP contribution in [0.3, 0.4) is 0 Å². The molecule has 2 saturated heterocycles. The Morgan fingerprint density at radius 1 is 0.909 bits per heavy atom. The number of amides is 1. The summed E-state index contributed by atoms with van der Waals surface area (Å²) in [4.78, 5) is 19.1. The second-order valence-corrected chi connectivity index (χ2v) is 7.28. The molecule has 1 saturated carbocycles. The second kappa shape index (κ2) is 7.75. The number of hydrogen-bond acceptors (Lipinski definition) is 4. The molecule has 0 spiro atoms. The summed E-state index contributed by atoms with van der Waals surface area (Å²) >= 11 is 0. The van der Waals surface area contributed by atoms with Crippen LogP contribution in [0.2, 0.25) is 0 Å². The van der Waals surface area contributed by atoms with Crippen molar-refractivity contribution < 1.29 is 9.90 Å². The first kappa shape index (κ1) is 16.2. The average molecular weight is 309 g/mol. The first-order valence-corrected chi connectivity index (χ1v) is 9.13. The van der Waals surface area contributed by atoms with Gasteiger partial charge < -0.3 is 10.0 Å². The fraction of sp³-hybridized carbons (Fsp3) is 0.941. The lowest BCUT2D eigenvalue weighted by molar-refractivity contribution is -0.132. The Morgan fingerprint density at radius 3 is 2.09 bits per heavy atom. The van der Waals surface area contributed by atoms with E-state index in [1.165, 1.54) is 38.5 Å². The van der Waals surface area contributed by atoms with E-state index >= 15 is 0 Å². The Labute approximate surface area is 134 Å². The third kappa shape index (κ3) is 4.67. The summed E-state index contributed by atoms with van der Waals surface area (Å²) in [6, 6.07) is 0. The molecule has 0 aromatic rings. The van der Waals surface area contributed by atoms with Gasteiger partial charge in [0, 0.05) is 45.8 Å². The van der Waals surface area contributed by atoms with Crippen LogP contribution in [0.1, 0.15) is 38.5 Å². The number of nitrogens with zero attached hydrogens (tertiary/aromatic N) is 3. The minimum atomic E-state index is -0.134. The predicted octanol–water partition coefficient (Wildman–Crippen LogP) is 0.778. The van der Waals surface area contributed by atoms with Gasteiger partial charge in [-0.15, -0.1) is 0 Å². The highest BCUT2D eigenvalue weighted by Gasteiger charge is 2.31. The molecular weight excluding hydrogens is 278 g/mol. The summed E-state index contributed by atoms with van der Waals surface area (Å²) in [5.41, 5.74) is 0. The first-order chi connectivity index (χ1) is 10.7. The molecule has 1 atom stereocenters. The Balaban J connectivity index is 1.36. The molecule has 0 radical (unpaired) electrons. The smallest absolute Gasteiger partial charge is 0.236 e. The zero-order valence-corrected chi connectivity index (χ0v) is 13.8. The third-order valence-electron chi connectivity index (χ3n) is 5.39. The lowest BCUT2D eigenvalue weighted by Gasteiger charge is -2.36. The van der Waals surface area contributed by atoms with E-state index in [0.29, 0.717) is 18.4 Å². The van der Waals surface area contributed by atoms with Crippen LogP contribution in [-0.4, -0.2) is 84.2 Å². The van der Waals surface area contributed by atoms with Gasteiger partial charge in [-0.25, -0.2) is 0 Å². The molecule has 126 valence electrons. The quantitative estimate of drug-likeness (QED) is 0.815. The van der Waals surface area contributed by atoms with Gasteiger partial charge in [-0.2, -0.15) is 0 Å². The van der Waals surface area contributed by atoms with E-state index in [2.05, 4.69) is 14.7 Å². The van der Waals surface area contributed by atoms with Gasteiger partial charge in [0.25, 0.3) is 0 Å². The zero-order chi connectivity index (χ0) is 15.4. The van der Waals surface area contributed by atoms with Crippen LogP contribution in [0.15, 0.2) is 0 Å². The van der Waals surface area contributed by atoms with Gasteiger partial charge in [-0.05, 0) is 31.6 Å². The number of carbonyl (C=O) groups excluding carboxylic acids is 1. The zero-order valence-electron chi connectivity index (χ0n) is 13.8. The molecule has 0 aromatic heterocycles. The Morgan fingerprint density at radius 2 is 1.50 bits per heavy atom. The molecule has 0 unspecified atom stereocenters. The molecule has 1 N–H and O–H groups in total. The molecule has 0 bridgehead atoms. The van der Waals surface area contributed by atoms with E-state index in [9.17, 15) is 9.90 Å². The molecule has 22 heavy (non-hydrogen) atoms. The van der Waals surface area contributed by atoms with Crippen molar-refractivity contribution in [3.05, 3.63) is 0 Å². The number of likely N-dealkylation sites (tertiary alicyclic amines) is 1. The highest BCUT2D eigenvalue weighted by molar-refractivity contribution is 5.78. The molecule has 5 nitrogen and oxygen atoms in total. The lowest BCUT2D eigenvalue weighted by Crippen LogP contribution is -2.51. The second-order valence-electron chi connectivity index (χ2n) is 7.28. The van der Waals surface area contributed by atoms with E-state index in [1.807, 2.05) is 0 Å². The van der Waals surface area contributed by atoms with Crippen molar-refractivity contribution in [3.8, 4) is 0 Å². The van der Waals surface area contributed by atoms with Crippen molar-refractivity contribution in [1.82, 2.24) is 14.7 Å². The van der Waals surface area contributed by atoms with Crippen molar-refractivity contribution in [2.24, 2.45) is 5.92 Å². The predicted molar refractivity (Wildman–Crippen MR) is 86.7 cm³/mol. The fourth-order valence-corrected chi connectivity index (χ4v) is 3.64. The van der Waals surface area contributed by atoms with Crippen molar-refractivity contribution in [2.75, 3.05) is 52.4 Å². The minimum absolute atomic E-state index is 0.134. The standard InChI is InChI=1S/C17H31N3O2/c21-16(15-5-6-15)13-18-9-11-19(12-10-18)14-17(22)20-7-3-1-2-4-8-20/h15-16,21H,1-14H2/t16-/m1/s1. The number of hydrogen-bond donors (Lipinski definition) is 1. The monoisotopic (exact) mass is 309 g/mol. The summed E-state index contributed by atoms with van der Waals surface area (Å²) in [5.74, 6) is 0.871. The maximum Gasteiger partial charge on any atom is 0.236 e. The largest absolute Gasteiger partial charge is 0.392 e. The van der Waals surface area contributed by atoms with Crippen LogP contribution < -0.4 is 0 Å². The number of aliphatic hydroxyl groups excluding tert-OH is 1. The third-order valence-corrected chi connectivity index (χ3v) is 5.39. The van der Waals surface area contributed by atoms with E-state index in [-0.39, 0.29) is 6.10 Å². The van der Waals surface area contributed by atoms with Gasteiger partial charge in [-0.3, -0.25) is 14.6 Å². The maximum atomic E-state index is 12.4. The summed E-state index contributed by atoms with van der Waals surface area (Å²) in [7, 11) is 0. The molecular formula is C17H31N3O2. The molecule has 3 aliphatic rings. The molecule has 1 aliphatic carbocycles. The van der Waals surface area contributed by atoms with Gasteiger partial charge in [0.2, 0.25) is 5.91 Å². The summed E-state index contributed by atoms with van der Waals surface area (Å²) in [6.45, 7) is 7.18. The highest BCUT2D eigenvalue weighted by Crippen LogP contribution is 2.32. The van der Waals surface area contributed by atoms with E-state index in [1.54, 1.807) is 0 Å². The number of carbonyl (C=O) groups is 1. The maximum absolute atomic E-state index is 12.4. The van der Waals surface area contributed by atoms with Gasteiger partial charge in [0.15, 0.2) is 0 Å². The van der Waals surface area contributed by atoms with Crippen LogP contribution in [0.5, 0.6) is 0 Å².